The highest BCUT2D eigenvalue weighted by molar-refractivity contribution is 5.76. The molecular formula is C26H39N5O. The first-order valence-corrected chi connectivity index (χ1v) is 12.4. The predicted molar refractivity (Wildman–Crippen MR) is 130 cm³/mol. The Bertz CT molecular complexity index is 833. The molecule has 1 aromatic heterocycles. The maximum atomic E-state index is 12.8. The van der Waals surface area contributed by atoms with Crippen molar-refractivity contribution in [3.63, 3.8) is 0 Å². The summed E-state index contributed by atoms with van der Waals surface area (Å²) < 4.78 is 0. The van der Waals surface area contributed by atoms with E-state index in [9.17, 15) is 4.79 Å². The summed E-state index contributed by atoms with van der Waals surface area (Å²) in [6.45, 7) is 11.2. The van der Waals surface area contributed by atoms with E-state index in [1.807, 2.05) is 0 Å². The summed E-state index contributed by atoms with van der Waals surface area (Å²) in [5, 5.41) is 7.67. The van der Waals surface area contributed by atoms with Gasteiger partial charge in [-0.05, 0) is 68.8 Å². The van der Waals surface area contributed by atoms with Crippen LogP contribution in [0.2, 0.25) is 0 Å². The zero-order chi connectivity index (χ0) is 22.3. The van der Waals surface area contributed by atoms with Crippen molar-refractivity contribution in [2.75, 3.05) is 44.2 Å². The number of carbonyl (C=O) groups excluding carboxylic acids is 1. The number of nitrogens with zero attached hydrogens (tertiary/aromatic N) is 4. The van der Waals surface area contributed by atoms with Gasteiger partial charge in [-0.2, -0.15) is 5.10 Å². The van der Waals surface area contributed by atoms with Crippen LogP contribution in [0.5, 0.6) is 0 Å². The average Bonchev–Trinajstić information content (AvgIpc) is 3.25. The second-order valence-corrected chi connectivity index (χ2v) is 9.94. The summed E-state index contributed by atoms with van der Waals surface area (Å²) in [6.07, 6.45) is 5.17. The van der Waals surface area contributed by atoms with Crippen molar-refractivity contribution in [3.8, 4) is 0 Å². The van der Waals surface area contributed by atoms with Crippen LogP contribution in [0.3, 0.4) is 0 Å². The number of H-pyrrole nitrogens is 1. The van der Waals surface area contributed by atoms with Gasteiger partial charge in [-0.15, -0.1) is 0 Å². The van der Waals surface area contributed by atoms with Gasteiger partial charge in [-0.25, -0.2) is 0 Å². The van der Waals surface area contributed by atoms with E-state index in [0.717, 1.165) is 58.7 Å². The molecule has 2 saturated heterocycles. The molecule has 2 aromatic rings. The van der Waals surface area contributed by atoms with Gasteiger partial charge >= 0.3 is 0 Å². The smallest absolute Gasteiger partial charge is 0.222 e. The quantitative estimate of drug-likeness (QED) is 0.679. The van der Waals surface area contributed by atoms with Crippen molar-refractivity contribution in [1.82, 2.24) is 20.0 Å². The summed E-state index contributed by atoms with van der Waals surface area (Å²) in [4.78, 5) is 19.7. The van der Waals surface area contributed by atoms with Crippen LogP contribution < -0.4 is 4.90 Å². The fraction of sp³-hybridized carbons (Fsp3) is 0.615. The lowest BCUT2D eigenvalue weighted by Gasteiger charge is -2.36. The highest BCUT2D eigenvalue weighted by Crippen LogP contribution is 2.24. The first kappa shape index (κ1) is 22.8. The zero-order valence-electron chi connectivity index (χ0n) is 19.8. The normalized spacial score (nSPS) is 18.5. The number of para-hydroxylation sites is 1. The Labute approximate surface area is 193 Å². The maximum Gasteiger partial charge on any atom is 0.222 e. The van der Waals surface area contributed by atoms with Gasteiger partial charge < -0.3 is 9.80 Å². The topological polar surface area (TPSA) is 55.5 Å². The maximum absolute atomic E-state index is 12.8. The van der Waals surface area contributed by atoms with Crippen LogP contribution in [0, 0.1) is 11.8 Å². The van der Waals surface area contributed by atoms with E-state index < -0.39 is 0 Å². The Morgan fingerprint density at radius 2 is 1.78 bits per heavy atom. The molecule has 0 spiro atoms. The number of hydrogen-bond donors (Lipinski definition) is 1. The van der Waals surface area contributed by atoms with Crippen LogP contribution in [0.1, 0.15) is 50.9 Å². The minimum absolute atomic E-state index is 0.343. The lowest BCUT2D eigenvalue weighted by Crippen LogP contribution is -2.48. The lowest BCUT2D eigenvalue weighted by atomic mass is 9.92. The average molecular weight is 438 g/mol. The molecule has 0 bridgehead atoms. The van der Waals surface area contributed by atoms with E-state index in [1.54, 1.807) is 0 Å². The summed E-state index contributed by atoms with van der Waals surface area (Å²) in [7, 11) is 0. The minimum atomic E-state index is 0.343. The molecule has 6 heteroatoms. The number of piperidine rings is 1. The Morgan fingerprint density at radius 3 is 2.47 bits per heavy atom. The molecular weight excluding hydrogens is 398 g/mol. The van der Waals surface area contributed by atoms with Crippen LogP contribution in [-0.4, -0.2) is 65.2 Å². The van der Waals surface area contributed by atoms with Gasteiger partial charge in [0.05, 0.1) is 5.69 Å². The van der Waals surface area contributed by atoms with E-state index in [2.05, 4.69) is 75.1 Å². The fourth-order valence-electron chi connectivity index (χ4n) is 5.03. The first-order valence-electron chi connectivity index (χ1n) is 12.4. The van der Waals surface area contributed by atoms with Crippen molar-refractivity contribution in [2.45, 2.75) is 52.5 Å². The molecule has 0 radical (unpaired) electrons. The van der Waals surface area contributed by atoms with Crippen LogP contribution in [0.15, 0.2) is 36.4 Å². The lowest BCUT2D eigenvalue weighted by molar-refractivity contribution is -0.131. The van der Waals surface area contributed by atoms with Crippen LogP contribution in [0.4, 0.5) is 5.69 Å². The molecule has 0 aliphatic carbocycles. The van der Waals surface area contributed by atoms with E-state index in [1.165, 1.54) is 29.9 Å². The Kier molecular flexibility index (Phi) is 7.85. The zero-order valence-corrected chi connectivity index (χ0v) is 19.8. The van der Waals surface area contributed by atoms with E-state index in [0.29, 0.717) is 24.2 Å². The van der Waals surface area contributed by atoms with E-state index in [-0.39, 0.29) is 0 Å². The Morgan fingerprint density at radius 1 is 1.06 bits per heavy atom. The molecule has 0 saturated carbocycles. The highest BCUT2D eigenvalue weighted by atomic mass is 16.2. The van der Waals surface area contributed by atoms with E-state index in [4.69, 9.17) is 0 Å². The Hall–Kier alpha value is -2.34. The third-order valence-corrected chi connectivity index (χ3v) is 6.92. The fourth-order valence-corrected chi connectivity index (χ4v) is 5.03. The number of aromatic amines is 1. The number of hydrogen-bond acceptors (Lipinski definition) is 4. The molecule has 4 rings (SSSR count). The largest absolute Gasteiger partial charge is 0.368 e. The molecule has 6 nitrogen and oxygen atoms in total. The second-order valence-electron chi connectivity index (χ2n) is 9.94. The summed E-state index contributed by atoms with van der Waals surface area (Å²) >= 11 is 0. The van der Waals surface area contributed by atoms with Crippen LogP contribution >= 0.6 is 0 Å². The van der Waals surface area contributed by atoms with Gasteiger partial charge in [-0.1, -0.05) is 32.0 Å². The molecule has 2 fully saturated rings. The van der Waals surface area contributed by atoms with Gasteiger partial charge in [0.15, 0.2) is 0 Å². The van der Waals surface area contributed by atoms with Crippen LogP contribution in [-0.2, 0) is 17.8 Å². The van der Waals surface area contributed by atoms with Gasteiger partial charge in [-0.3, -0.25) is 14.8 Å². The van der Waals surface area contributed by atoms with Gasteiger partial charge in [0, 0.05) is 50.5 Å². The number of carbonyl (C=O) groups is 1. The number of likely N-dealkylation sites (tertiary alicyclic amines) is 1. The number of amides is 1. The van der Waals surface area contributed by atoms with Crippen molar-refractivity contribution >= 4 is 11.6 Å². The number of piperazine rings is 1. The SMILES string of the molecule is CC(C)Cc1cc(CN2CCC(CCC(=O)N3CCN(c4ccccc4)CC3)CC2)[nH]n1. The first-order chi connectivity index (χ1) is 15.6. The predicted octanol–water partition coefficient (Wildman–Crippen LogP) is 3.95. The molecule has 1 N–H and O–H groups in total. The van der Waals surface area contributed by atoms with Crippen molar-refractivity contribution < 1.29 is 4.79 Å². The second kappa shape index (κ2) is 11.0. The third-order valence-electron chi connectivity index (χ3n) is 6.92. The third kappa shape index (κ3) is 6.35. The van der Waals surface area contributed by atoms with Gasteiger partial charge in [0.1, 0.15) is 0 Å². The molecule has 174 valence electrons. The number of rotatable bonds is 8. The standard InChI is InChI=1S/C26H39N5O/c1-21(2)18-23-19-24(28-27-23)20-29-12-10-22(11-13-29)8-9-26(32)31-16-14-30(15-17-31)25-6-4-3-5-7-25/h3-7,19,21-22H,8-18,20H2,1-2H3,(H,27,28). The number of nitrogens with one attached hydrogen (secondary N) is 1. The van der Waals surface area contributed by atoms with Gasteiger partial charge in [0.25, 0.3) is 0 Å². The van der Waals surface area contributed by atoms with Crippen molar-refractivity contribution in [1.29, 1.82) is 0 Å². The van der Waals surface area contributed by atoms with Gasteiger partial charge in [0.2, 0.25) is 5.91 Å². The van der Waals surface area contributed by atoms with Crippen molar-refractivity contribution in [3.05, 3.63) is 47.8 Å². The minimum Gasteiger partial charge on any atom is -0.368 e. The van der Waals surface area contributed by atoms with Crippen molar-refractivity contribution in [2.24, 2.45) is 11.8 Å². The molecule has 1 amide bonds. The van der Waals surface area contributed by atoms with E-state index >= 15 is 0 Å². The number of benzene rings is 1. The molecule has 32 heavy (non-hydrogen) atoms. The summed E-state index contributed by atoms with van der Waals surface area (Å²) in [5.74, 6) is 1.66. The van der Waals surface area contributed by atoms with Crippen LogP contribution in [0.25, 0.3) is 0 Å². The summed E-state index contributed by atoms with van der Waals surface area (Å²) in [6, 6.07) is 12.7. The molecule has 2 aliphatic heterocycles. The molecule has 1 aromatic carbocycles. The molecule has 0 unspecified atom stereocenters. The molecule has 0 atom stereocenters. The molecule has 3 heterocycles. The highest BCUT2D eigenvalue weighted by Gasteiger charge is 2.24. The summed E-state index contributed by atoms with van der Waals surface area (Å²) in [5.41, 5.74) is 3.66. The number of anilines is 1. The Balaban J connectivity index is 1.13. The monoisotopic (exact) mass is 437 g/mol. The molecule has 2 aliphatic rings. The number of aromatic nitrogens is 2.